The zero-order chi connectivity index (χ0) is 9.15. The SMILES string of the molecule is ClCC1(NCc2ccccn2)CC1. The number of pyridine rings is 1. The first kappa shape index (κ1) is 8.97. The van der Waals surface area contributed by atoms with Crippen LogP contribution in [-0.4, -0.2) is 16.4 Å². The molecule has 2 nitrogen and oxygen atoms in total. The monoisotopic (exact) mass is 196 g/mol. The van der Waals surface area contributed by atoms with Gasteiger partial charge < -0.3 is 5.32 Å². The summed E-state index contributed by atoms with van der Waals surface area (Å²) in [4.78, 5) is 4.24. The van der Waals surface area contributed by atoms with Gasteiger partial charge in [0.2, 0.25) is 0 Å². The van der Waals surface area contributed by atoms with Gasteiger partial charge in [0.05, 0.1) is 5.69 Å². The number of aromatic nitrogens is 1. The van der Waals surface area contributed by atoms with Crippen molar-refractivity contribution < 1.29 is 0 Å². The Hall–Kier alpha value is -0.600. The standard InChI is InChI=1S/C10H13ClN2/c11-8-10(4-5-10)13-7-9-3-1-2-6-12-9/h1-3,6,13H,4-5,7-8H2. The largest absolute Gasteiger partial charge is 0.304 e. The van der Waals surface area contributed by atoms with Crippen LogP contribution in [0, 0.1) is 0 Å². The Morgan fingerprint density at radius 1 is 1.46 bits per heavy atom. The lowest BCUT2D eigenvalue weighted by Crippen LogP contribution is -2.32. The predicted octanol–water partition coefficient (Wildman–Crippen LogP) is 1.94. The van der Waals surface area contributed by atoms with Crippen molar-refractivity contribution in [2.24, 2.45) is 0 Å². The Kier molecular flexibility index (Phi) is 2.51. The van der Waals surface area contributed by atoms with E-state index in [0.29, 0.717) is 5.88 Å². The van der Waals surface area contributed by atoms with Crippen LogP contribution in [0.2, 0.25) is 0 Å². The van der Waals surface area contributed by atoms with Gasteiger partial charge in [-0.15, -0.1) is 11.6 Å². The molecule has 1 heterocycles. The average molecular weight is 197 g/mol. The molecule has 0 spiro atoms. The third-order valence-electron chi connectivity index (χ3n) is 2.48. The molecule has 0 amide bonds. The number of rotatable bonds is 4. The molecule has 70 valence electrons. The molecule has 0 unspecified atom stereocenters. The maximum atomic E-state index is 5.84. The highest BCUT2D eigenvalue weighted by molar-refractivity contribution is 6.18. The van der Waals surface area contributed by atoms with Crippen molar-refractivity contribution in [2.45, 2.75) is 24.9 Å². The van der Waals surface area contributed by atoms with Gasteiger partial charge in [-0.05, 0) is 25.0 Å². The third kappa shape index (κ3) is 2.20. The molecule has 2 rings (SSSR count). The summed E-state index contributed by atoms with van der Waals surface area (Å²) in [5, 5.41) is 3.44. The molecule has 0 aliphatic heterocycles. The van der Waals surface area contributed by atoms with Gasteiger partial charge in [-0.1, -0.05) is 6.07 Å². The lowest BCUT2D eigenvalue weighted by atomic mass is 10.3. The van der Waals surface area contributed by atoms with E-state index in [1.54, 1.807) is 0 Å². The normalized spacial score (nSPS) is 18.5. The van der Waals surface area contributed by atoms with E-state index in [4.69, 9.17) is 11.6 Å². The number of nitrogens with one attached hydrogen (secondary N) is 1. The van der Waals surface area contributed by atoms with E-state index in [0.717, 1.165) is 12.2 Å². The van der Waals surface area contributed by atoms with Crippen molar-refractivity contribution in [2.75, 3.05) is 5.88 Å². The van der Waals surface area contributed by atoms with Crippen molar-refractivity contribution >= 4 is 11.6 Å². The molecule has 1 aromatic rings. The first-order chi connectivity index (χ1) is 6.35. The molecule has 1 N–H and O–H groups in total. The number of alkyl halides is 1. The molecule has 1 aliphatic rings. The number of halogens is 1. The second-order valence-corrected chi connectivity index (χ2v) is 3.86. The topological polar surface area (TPSA) is 24.9 Å². The molecule has 0 aromatic carbocycles. The minimum absolute atomic E-state index is 0.221. The first-order valence-corrected chi connectivity index (χ1v) is 5.09. The molecule has 1 aliphatic carbocycles. The van der Waals surface area contributed by atoms with E-state index in [1.807, 2.05) is 24.4 Å². The molecular weight excluding hydrogens is 184 g/mol. The van der Waals surface area contributed by atoms with Crippen molar-refractivity contribution in [3.63, 3.8) is 0 Å². The quantitative estimate of drug-likeness (QED) is 0.745. The van der Waals surface area contributed by atoms with E-state index >= 15 is 0 Å². The van der Waals surface area contributed by atoms with Gasteiger partial charge in [0.1, 0.15) is 0 Å². The van der Waals surface area contributed by atoms with Crippen molar-refractivity contribution in [1.29, 1.82) is 0 Å². The van der Waals surface area contributed by atoms with E-state index < -0.39 is 0 Å². The molecule has 0 radical (unpaired) electrons. The van der Waals surface area contributed by atoms with Crippen LogP contribution in [-0.2, 0) is 6.54 Å². The van der Waals surface area contributed by atoms with E-state index in [1.165, 1.54) is 12.8 Å². The highest BCUT2D eigenvalue weighted by Crippen LogP contribution is 2.36. The van der Waals surface area contributed by atoms with Crippen LogP contribution in [0.5, 0.6) is 0 Å². The smallest absolute Gasteiger partial charge is 0.0541 e. The Morgan fingerprint density at radius 3 is 2.85 bits per heavy atom. The van der Waals surface area contributed by atoms with Crippen molar-refractivity contribution in [3.8, 4) is 0 Å². The molecule has 0 atom stereocenters. The summed E-state index contributed by atoms with van der Waals surface area (Å²) in [6.07, 6.45) is 4.21. The maximum absolute atomic E-state index is 5.84. The van der Waals surface area contributed by atoms with Crippen LogP contribution in [0.15, 0.2) is 24.4 Å². The van der Waals surface area contributed by atoms with Crippen LogP contribution in [0.1, 0.15) is 18.5 Å². The second kappa shape index (κ2) is 3.64. The lowest BCUT2D eigenvalue weighted by Gasteiger charge is -2.12. The summed E-state index contributed by atoms with van der Waals surface area (Å²) in [5.74, 6) is 0.708. The zero-order valence-electron chi connectivity index (χ0n) is 7.46. The molecule has 0 bridgehead atoms. The minimum Gasteiger partial charge on any atom is -0.304 e. The summed E-state index contributed by atoms with van der Waals surface area (Å²) in [6, 6.07) is 5.96. The molecule has 1 fully saturated rings. The summed E-state index contributed by atoms with van der Waals surface area (Å²) >= 11 is 5.84. The summed E-state index contributed by atoms with van der Waals surface area (Å²) in [6.45, 7) is 0.827. The zero-order valence-corrected chi connectivity index (χ0v) is 8.22. The van der Waals surface area contributed by atoms with Crippen LogP contribution >= 0.6 is 11.6 Å². The summed E-state index contributed by atoms with van der Waals surface area (Å²) < 4.78 is 0. The molecule has 13 heavy (non-hydrogen) atoms. The second-order valence-electron chi connectivity index (χ2n) is 3.59. The first-order valence-electron chi connectivity index (χ1n) is 4.56. The average Bonchev–Trinajstić information content (AvgIpc) is 2.97. The Labute approximate surface area is 83.3 Å². The number of hydrogen-bond donors (Lipinski definition) is 1. The van der Waals surface area contributed by atoms with Gasteiger partial charge in [0.25, 0.3) is 0 Å². The van der Waals surface area contributed by atoms with Gasteiger partial charge in [0.15, 0.2) is 0 Å². The molecule has 0 saturated heterocycles. The van der Waals surface area contributed by atoms with Gasteiger partial charge in [0, 0.05) is 24.2 Å². The predicted molar refractivity (Wildman–Crippen MR) is 53.8 cm³/mol. The number of hydrogen-bond acceptors (Lipinski definition) is 2. The van der Waals surface area contributed by atoms with Crippen molar-refractivity contribution in [1.82, 2.24) is 10.3 Å². The van der Waals surface area contributed by atoms with Gasteiger partial charge >= 0.3 is 0 Å². The Morgan fingerprint density at radius 2 is 2.31 bits per heavy atom. The Balaban J connectivity index is 1.86. The van der Waals surface area contributed by atoms with Gasteiger partial charge in [-0.3, -0.25) is 4.98 Å². The molecule has 3 heteroatoms. The Bertz CT molecular complexity index is 270. The highest BCUT2D eigenvalue weighted by atomic mass is 35.5. The van der Waals surface area contributed by atoms with Gasteiger partial charge in [-0.2, -0.15) is 0 Å². The molecule has 1 saturated carbocycles. The molecular formula is C10H13ClN2. The fourth-order valence-corrected chi connectivity index (χ4v) is 1.65. The molecule has 1 aromatic heterocycles. The fourth-order valence-electron chi connectivity index (χ4n) is 1.29. The van der Waals surface area contributed by atoms with Crippen LogP contribution in [0.3, 0.4) is 0 Å². The van der Waals surface area contributed by atoms with Crippen LogP contribution in [0.4, 0.5) is 0 Å². The minimum atomic E-state index is 0.221. The van der Waals surface area contributed by atoms with Crippen LogP contribution < -0.4 is 5.32 Å². The number of nitrogens with zero attached hydrogens (tertiary/aromatic N) is 1. The van der Waals surface area contributed by atoms with Crippen LogP contribution in [0.25, 0.3) is 0 Å². The fraction of sp³-hybridized carbons (Fsp3) is 0.500. The summed E-state index contributed by atoms with van der Waals surface area (Å²) in [5.41, 5.74) is 1.30. The summed E-state index contributed by atoms with van der Waals surface area (Å²) in [7, 11) is 0. The third-order valence-corrected chi connectivity index (χ3v) is 2.99. The van der Waals surface area contributed by atoms with E-state index in [9.17, 15) is 0 Å². The highest BCUT2D eigenvalue weighted by Gasteiger charge is 2.41. The maximum Gasteiger partial charge on any atom is 0.0541 e. The lowest BCUT2D eigenvalue weighted by molar-refractivity contribution is 0.537. The van der Waals surface area contributed by atoms with Gasteiger partial charge in [-0.25, -0.2) is 0 Å². The van der Waals surface area contributed by atoms with Crippen molar-refractivity contribution in [3.05, 3.63) is 30.1 Å². The van der Waals surface area contributed by atoms with E-state index in [-0.39, 0.29) is 5.54 Å². The van der Waals surface area contributed by atoms with E-state index in [2.05, 4.69) is 10.3 Å².